The quantitative estimate of drug-likeness (QED) is 0.833. The first kappa shape index (κ1) is 17.5. The van der Waals surface area contributed by atoms with Gasteiger partial charge in [-0.15, -0.1) is 0 Å². The van der Waals surface area contributed by atoms with E-state index in [2.05, 4.69) is 4.98 Å². The predicted octanol–water partition coefficient (Wildman–Crippen LogP) is 2.90. The third-order valence-electron chi connectivity index (χ3n) is 5.27. The lowest BCUT2D eigenvalue weighted by atomic mass is 9.83. The first-order chi connectivity index (χ1) is 12.7. The summed E-state index contributed by atoms with van der Waals surface area (Å²) in [6.45, 7) is 2.15. The van der Waals surface area contributed by atoms with Gasteiger partial charge in [0.25, 0.3) is 0 Å². The lowest BCUT2D eigenvalue weighted by molar-refractivity contribution is -0.138. The van der Waals surface area contributed by atoms with Crippen LogP contribution in [0.1, 0.15) is 24.1 Å². The normalized spacial score (nSPS) is 18.6. The molecule has 0 unspecified atom stereocenters. The number of carbonyl (C=O) groups excluding carboxylic acids is 1. The Morgan fingerprint density at radius 1 is 1.27 bits per heavy atom. The summed E-state index contributed by atoms with van der Waals surface area (Å²) < 4.78 is 6.28. The number of amides is 1. The summed E-state index contributed by atoms with van der Waals surface area (Å²) in [5.74, 6) is 1.51. The number of nitrogens with zero attached hydrogens (tertiary/aromatic N) is 3. The molecule has 0 bridgehead atoms. The molecule has 1 amide bonds. The maximum atomic E-state index is 12.2. The summed E-state index contributed by atoms with van der Waals surface area (Å²) >= 11 is 1.58. The molecule has 26 heavy (non-hydrogen) atoms. The van der Waals surface area contributed by atoms with Gasteiger partial charge in [-0.3, -0.25) is 4.79 Å². The average Bonchev–Trinajstić information content (AvgIpc) is 2.69. The molecule has 3 heterocycles. The maximum absolute atomic E-state index is 12.2. The van der Waals surface area contributed by atoms with Crippen LogP contribution < -0.4 is 0 Å². The van der Waals surface area contributed by atoms with Crippen molar-refractivity contribution in [1.82, 2.24) is 14.9 Å². The molecule has 0 atom stereocenters. The molecule has 4 rings (SSSR count). The third kappa shape index (κ3) is 3.23. The van der Waals surface area contributed by atoms with Crippen LogP contribution in [0.5, 0.6) is 0 Å². The van der Waals surface area contributed by atoms with Gasteiger partial charge >= 0.3 is 0 Å². The zero-order valence-electron chi connectivity index (χ0n) is 15.0. The molecule has 136 valence electrons. The number of likely N-dealkylation sites (tertiary alicyclic amines) is 1. The molecule has 5 nitrogen and oxygen atoms in total. The molecule has 2 aromatic rings. The minimum atomic E-state index is -0.379. The molecule has 2 aliphatic heterocycles. The number of hydrogen-bond acceptors (Lipinski definition) is 5. The first-order valence-electron chi connectivity index (χ1n) is 9.04. The number of ether oxygens (including phenoxy) is 1. The van der Waals surface area contributed by atoms with Crippen LogP contribution in [0.25, 0.3) is 11.4 Å². The molecule has 0 aliphatic carbocycles. The first-order valence-corrected chi connectivity index (χ1v) is 10.4. The molecule has 0 saturated carbocycles. The van der Waals surface area contributed by atoms with Crippen molar-refractivity contribution in [2.45, 2.75) is 24.9 Å². The average molecular weight is 369 g/mol. The Morgan fingerprint density at radius 3 is 2.77 bits per heavy atom. The SMILES string of the molecule is CSCC(=O)N1CCC2(CC1)OCCc1cnc(-c3ccccc3)nc12. The Balaban J connectivity index is 1.62. The molecule has 1 aromatic carbocycles. The van der Waals surface area contributed by atoms with Gasteiger partial charge in [0.1, 0.15) is 5.60 Å². The molecule has 1 saturated heterocycles. The van der Waals surface area contributed by atoms with Crippen LogP contribution in [0.4, 0.5) is 0 Å². The van der Waals surface area contributed by atoms with Crippen LogP contribution >= 0.6 is 11.8 Å². The highest BCUT2D eigenvalue weighted by atomic mass is 32.2. The van der Waals surface area contributed by atoms with Gasteiger partial charge < -0.3 is 9.64 Å². The van der Waals surface area contributed by atoms with E-state index in [-0.39, 0.29) is 11.5 Å². The highest BCUT2D eigenvalue weighted by Crippen LogP contribution is 2.40. The largest absolute Gasteiger partial charge is 0.368 e. The second-order valence-electron chi connectivity index (χ2n) is 6.84. The fourth-order valence-corrected chi connectivity index (χ4v) is 4.28. The number of piperidine rings is 1. The van der Waals surface area contributed by atoms with E-state index in [0.717, 1.165) is 49.4 Å². The van der Waals surface area contributed by atoms with Crippen molar-refractivity contribution in [3.8, 4) is 11.4 Å². The van der Waals surface area contributed by atoms with Gasteiger partial charge in [-0.2, -0.15) is 11.8 Å². The summed E-state index contributed by atoms with van der Waals surface area (Å²) in [4.78, 5) is 23.6. The molecule has 2 aliphatic rings. The van der Waals surface area contributed by atoms with Gasteiger partial charge in [-0.1, -0.05) is 30.3 Å². The molecule has 6 heteroatoms. The fraction of sp³-hybridized carbons (Fsp3) is 0.450. The Morgan fingerprint density at radius 2 is 2.04 bits per heavy atom. The predicted molar refractivity (Wildman–Crippen MR) is 103 cm³/mol. The van der Waals surface area contributed by atoms with E-state index in [0.29, 0.717) is 12.4 Å². The van der Waals surface area contributed by atoms with Crippen molar-refractivity contribution in [3.63, 3.8) is 0 Å². The Kier molecular flexibility index (Phi) is 4.96. The molecular weight excluding hydrogens is 346 g/mol. The fourth-order valence-electron chi connectivity index (χ4n) is 3.85. The summed E-state index contributed by atoms with van der Waals surface area (Å²) in [5.41, 5.74) is 2.84. The zero-order valence-corrected chi connectivity index (χ0v) is 15.8. The minimum Gasteiger partial charge on any atom is -0.368 e. The van der Waals surface area contributed by atoms with E-state index in [1.807, 2.05) is 47.7 Å². The van der Waals surface area contributed by atoms with Crippen LogP contribution in [0, 0.1) is 0 Å². The minimum absolute atomic E-state index is 0.219. The van der Waals surface area contributed by atoms with Crippen LogP contribution in [-0.2, 0) is 21.6 Å². The van der Waals surface area contributed by atoms with E-state index in [1.165, 1.54) is 5.56 Å². The zero-order chi connectivity index (χ0) is 18.0. The van der Waals surface area contributed by atoms with Gasteiger partial charge in [0.15, 0.2) is 5.82 Å². The molecule has 0 N–H and O–H groups in total. The summed E-state index contributed by atoms with van der Waals surface area (Å²) in [6.07, 6.45) is 6.37. The number of hydrogen-bond donors (Lipinski definition) is 0. The topological polar surface area (TPSA) is 55.3 Å². The van der Waals surface area contributed by atoms with Gasteiger partial charge in [0.2, 0.25) is 5.91 Å². The standard InChI is InChI=1S/C20H23N3O2S/c1-26-14-17(24)23-10-8-20(9-11-23)18-16(7-12-25-20)13-21-19(22-18)15-5-3-2-4-6-15/h2-6,13H,7-12,14H2,1H3. The highest BCUT2D eigenvalue weighted by molar-refractivity contribution is 7.99. The van der Waals surface area contributed by atoms with Crippen molar-refractivity contribution >= 4 is 17.7 Å². The number of thioether (sulfide) groups is 1. The molecule has 1 spiro atoms. The van der Waals surface area contributed by atoms with Gasteiger partial charge in [-0.05, 0) is 31.1 Å². The van der Waals surface area contributed by atoms with Crippen molar-refractivity contribution in [1.29, 1.82) is 0 Å². The van der Waals surface area contributed by atoms with Crippen LogP contribution in [0.15, 0.2) is 36.5 Å². The number of rotatable bonds is 3. The van der Waals surface area contributed by atoms with Crippen molar-refractivity contribution in [2.75, 3.05) is 31.7 Å². The molecule has 1 fully saturated rings. The number of aromatic nitrogens is 2. The second-order valence-corrected chi connectivity index (χ2v) is 7.71. The van der Waals surface area contributed by atoms with Crippen molar-refractivity contribution in [2.24, 2.45) is 0 Å². The van der Waals surface area contributed by atoms with E-state index < -0.39 is 0 Å². The maximum Gasteiger partial charge on any atom is 0.232 e. The Bertz CT molecular complexity index is 789. The summed E-state index contributed by atoms with van der Waals surface area (Å²) in [5, 5.41) is 0. The van der Waals surface area contributed by atoms with Crippen molar-refractivity contribution in [3.05, 3.63) is 47.8 Å². The number of carbonyl (C=O) groups is 1. The van der Waals surface area contributed by atoms with E-state index in [4.69, 9.17) is 9.72 Å². The Hall–Kier alpha value is -1.92. The molecule has 1 aromatic heterocycles. The summed E-state index contributed by atoms with van der Waals surface area (Å²) in [6, 6.07) is 10.1. The smallest absolute Gasteiger partial charge is 0.232 e. The van der Waals surface area contributed by atoms with Crippen LogP contribution in [0.3, 0.4) is 0 Å². The lowest BCUT2D eigenvalue weighted by Gasteiger charge is -2.44. The second kappa shape index (κ2) is 7.37. The lowest BCUT2D eigenvalue weighted by Crippen LogP contribution is -2.49. The molecular formula is C20H23N3O2S. The Labute approximate surface area is 158 Å². The van der Waals surface area contributed by atoms with Gasteiger partial charge in [0, 0.05) is 24.8 Å². The van der Waals surface area contributed by atoms with E-state index >= 15 is 0 Å². The third-order valence-corrected chi connectivity index (χ3v) is 5.81. The van der Waals surface area contributed by atoms with Crippen LogP contribution in [0.2, 0.25) is 0 Å². The van der Waals surface area contributed by atoms with E-state index in [1.54, 1.807) is 11.8 Å². The molecule has 0 radical (unpaired) electrons. The van der Waals surface area contributed by atoms with E-state index in [9.17, 15) is 4.79 Å². The number of fused-ring (bicyclic) bond motifs is 2. The van der Waals surface area contributed by atoms with Crippen LogP contribution in [-0.4, -0.2) is 52.5 Å². The van der Waals surface area contributed by atoms with Gasteiger partial charge in [-0.25, -0.2) is 9.97 Å². The number of benzene rings is 1. The summed E-state index contributed by atoms with van der Waals surface area (Å²) in [7, 11) is 0. The van der Waals surface area contributed by atoms with Crippen molar-refractivity contribution < 1.29 is 9.53 Å². The monoisotopic (exact) mass is 369 g/mol. The highest BCUT2D eigenvalue weighted by Gasteiger charge is 2.43. The van der Waals surface area contributed by atoms with Gasteiger partial charge in [0.05, 0.1) is 18.1 Å².